The van der Waals surface area contributed by atoms with Crippen molar-refractivity contribution in [2.45, 2.75) is 37.5 Å². The van der Waals surface area contributed by atoms with E-state index < -0.39 is 0 Å². The van der Waals surface area contributed by atoms with Crippen LogP contribution in [0.1, 0.15) is 27.7 Å². The molecule has 0 aliphatic carbocycles. The number of hydrogen-bond donors (Lipinski definition) is 1. The van der Waals surface area contributed by atoms with Gasteiger partial charge in [0.05, 0.1) is 11.4 Å². The standard InChI is InChI=1S/C20H27N3S.2BrH/c1-5-22(6-2)15-9-11-17-19(13-15)24-20-14-16(23(7-3)8-4)10-12-18(20)21-17;;/h9-14,21H,5-8H2,1-4H3;2*1H. The van der Waals surface area contributed by atoms with Gasteiger partial charge in [-0.05, 0) is 64.1 Å². The highest BCUT2D eigenvalue weighted by molar-refractivity contribution is 8.93. The van der Waals surface area contributed by atoms with Crippen molar-refractivity contribution in [3.8, 4) is 0 Å². The average Bonchev–Trinajstić information content (AvgIpc) is 2.62. The number of benzene rings is 2. The lowest BCUT2D eigenvalue weighted by molar-refractivity contribution is 0.863. The van der Waals surface area contributed by atoms with E-state index in [0.717, 1.165) is 26.2 Å². The summed E-state index contributed by atoms with van der Waals surface area (Å²) in [6.45, 7) is 13.0. The van der Waals surface area contributed by atoms with Gasteiger partial charge in [0, 0.05) is 47.3 Å². The Morgan fingerprint density at radius 1 is 0.692 bits per heavy atom. The predicted molar refractivity (Wildman–Crippen MR) is 128 cm³/mol. The summed E-state index contributed by atoms with van der Waals surface area (Å²) in [6, 6.07) is 13.5. The van der Waals surface area contributed by atoms with Gasteiger partial charge in [0.25, 0.3) is 0 Å². The van der Waals surface area contributed by atoms with Crippen molar-refractivity contribution in [1.82, 2.24) is 0 Å². The molecule has 144 valence electrons. The molecule has 0 saturated carbocycles. The quantitative estimate of drug-likeness (QED) is 0.401. The van der Waals surface area contributed by atoms with Gasteiger partial charge in [-0.1, -0.05) is 11.8 Å². The van der Waals surface area contributed by atoms with E-state index in [1.165, 1.54) is 32.5 Å². The van der Waals surface area contributed by atoms with E-state index >= 15 is 0 Å². The van der Waals surface area contributed by atoms with E-state index in [1.807, 2.05) is 11.8 Å². The molecule has 0 radical (unpaired) electrons. The lowest BCUT2D eigenvalue weighted by Gasteiger charge is -2.27. The molecule has 1 N–H and O–H groups in total. The van der Waals surface area contributed by atoms with Gasteiger partial charge in [-0.15, -0.1) is 34.0 Å². The van der Waals surface area contributed by atoms with Crippen LogP contribution in [-0.2, 0) is 0 Å². The van der Waals surface area contributed by atoms with E-state index in [1.54, 1.807) is 0 Å². The lowest BCUT2D eigenvalue weighted by Crippen LogP contribution is -2.22. The zero-order valence-electron chi connectivity index (χ0n) is 15.9. The third-order valence-electron chi connectivity index (χ3n) is 4.68. The van der Waals surface area contributed by atoms with Crippen LogP contribution in [0.2, 0.25) is 0 Å². The maximum atomic E-state index is 3.59. The van der Waals surface area contributed by atoms with Crippen LogP contribution in [0.4, 0.5) is 22.7 Å². The Bertz CT molecular complexity index is 657. The summed E-state index contributed by atoms with van der Waals surface area (Å²) in [5.41, 5.74) is 5.02. The Hall–Kier alpha value is -0.850. The van der Waals surface area contributed by atoms with Crippen LogP contribution in [0.3, 0.4) is 0 Å². The van der Waals surface area contributed by atoms with Crippen LogP contribution in [0.5, 0.6) is 0 Å². The van der Waals surface area contributed by atoms with Crippen LogP contribution >= 0.6 is 45.7 Å². The topological polar surface area (TPSA) is 18.5 Å². The molecular formula is C20H29Br2N3S. The van der Waals surface area contributed by atoms with Crippen LogP contribution in [0.25, 0.3) is 0 Å². The molecule has 2 aromatic rings. The molecule has 0 bridgehead atoms. The van der Waals surface area contributed by atoms with E-state index in [2.05, 4.69) is 79.2 Å². The molecular weight excluding hydrogens is 474 g/mol. The Labute approximate surface area is 183 Å². The number of fused-ring (bicyclic) bond motifs is 2. The van der Waals surface area contributed by atoms with Crippen molar-refractivity contribution in [3.63, 3.8) is 0 Å². The summed E-state index contributed by atoms with van der Waals surface area (Å²) >= 11 is 1.87. The van der Waals surface area contributed by atoms with Crippen molar-refractivity contribution in [3.05, 3.63) is 36.4 Å². The highest BCUT2D eigenvalue weighted by Crippen LogP contribution is 2.46. The summed E-state index contributed by atoms with van der Waals surface area (Å²) in [7, 11) is 0. The fourth-order valence-electron chi connectivity index (χ4n) is 3.23. The molecule has 26 heavy (non-hydrogen) atoms. The van der Waals surface area contributed by atoms with Crippen molar-refractivity contribution in [1.29, 1.82) is 0 Å². The molecule has 0 aromatic heterocycles. The zero-order valence-corrected chi connectivity index (χ0v) is 20.2. The Balaban J connectivity index is 0.00000169. The Morgan fingerprint density at radius 2 is 1.08 bits per heavy atom. The minimum Gasteiger partial charge on any atom is -0.372 e. The Morgan fingerprint density at radius 3 is 1.42 bits per heavy atom. The second-order valence-electron chi connectivity index (χ2n) is 5.93. The fraction of sp³-hybridized carbons (Fsp3) is 0.400. The first kappa shape index (κ1) is 23.2. The van der Waals surface area contributed by atoms with Gasteiger partial charge in [-0.3, -0.25) is 0 Å². The van der Waals surface area contributed by atoms with E-state index in [-0.39, 0.29) is 34.0 Å². The number of hydrogen-bond acceptors (Lipinski definition) is 4. The fourth-order valence-corrected chi connectivity index (χ4v) is 4.29. The van der Waals surface area contributed by atoms with Crippen molar-refractivity contribution in [2.24, 2.45) is 0 Å². The molecule has 1 heterocycles. The second kappa shape index (κ2) is 10.5. The van der Waals surface area contributed by atoms with Crippen LogP contribution in [0, 0.1) is 0 Å². The van der Waals surface area contributed by atoms with Crippen LogP contribution in [-0.4, -0.2) is 26.2 Å². The van der Waals surface area contributed by atoms with Crippen molar-refractivity contribution >= 4 is 68.5 Å². The van der Waals surface area contributed by atoms with Gasteiger partial charge in [0.2, 0.25) is 0 Å². The third-order valence-corrected chi connectivity index (χ3v) is 5.79. The number of nitrogens with one attached hydrogen (secondary N) is 1. The first-order valence-corrected chi connectivity index (χ1v) is 9.74. The second-order valence-corrected chi connectivity index (χ2v) is 7.02. The summed E-state index contributed by atoms with van der Waals surface area (Å²) in [5.74, 6) is 0. The molecule has 2 aromatic carbocycles. The summed E-state index contributed by atoms with van der Waals surface area (Å²) in [5, 5.41) is 3.59. The van der Waals surface area contributed by atoms with Gasteiger partial charge in [-0.25, -0.2) is 0 Å². The largest absolute Gasteiger partial charge is 0.372 e. The van der Waals surface area contributed by atoms with Crippen molar-refractivity contribution < 1.29 is 0 Å². The summed E-state index contributed by atoms with van der Waals surface area (Å²) in [6.07, 6.45) is 0. The molecule has 3 nitrogen and oxygen atoms in total. The summed E-state index contributed by atoms with van der Waals surface area (Å²) < 4.78 is 0. The van der Waals surface area contributed by atoms with E-state index in [4.69, 9.17) is 0 Å². The average molecular weight is 503 g/mol. The molecule has 0 amide bonds. The number of rotatable bonds is 6. The smallest absolute Gasteiger partial charge is 0.0527 e. The number of halogens is 2. The van der Waals surface area contributed by atoms with Gasteiger partial charge >= 0.3 is 0 Å². The van der Waals surface area contributed by atoms with Gasteiger partial charge in [-0.2, -0.15) is 0 Å². The lowest BCUT2D eigenvalue weighted by atomic mass is 10.2. The van der Waals surface area contributed by atoms with Gasteiger partial charge in [0.1, 0.15) is 0 Å². The maximum Gasteiger partial charge on any atom is 0.0527 e. The van der Waals surface area contributed by atoms with Gasteiger partial charge in [0.15, 0.2) is 0 Å². The van der Waals surface area contributed by atoms with Crippen LogP contribution < -0.4 is 15.1 Å². The molecule has 6 heteroatoms. The molecule has 0 unspecified atom stereocenters. The first-order chi connectivity index (χ1) is 11.7. The maximum absolute atomic E-state index is 3.59. The Kier molecular flexibility index (Phi) is 9.34. The zero-order chi connectivity index (χ0) is 17.1. The molecule has 0 saturated heterocycles. The number of nitrogens with zero attached hydrogens (tertiary/aromatic N) is 2. The molecule has 1 aliphatic heterocycles. The molecule has 0 fully saturated rings. The van der Waals surface area contributed by atoms with Crippen LogP contribution in [0.15, 0.2) is 46.2 Å². The first-order valence-electron chi connectivity index (χ1n) is 8.92. The third kappa shape index (κ3) is 4.70. The predicted octanol–water partition coefficient (Wildman–Crippen LogP) is 6.74. The van der Waals surface area contributed by atoms with Crippen molar-refractivity contribution in [2.75, 3.05) is 41.3 Å². The van der Waals surface area contributed by atoms with E-state index in [9.17, 15) is 0 Å². The monoisotopic (exact) mass is 501 g/mol. The summed E-state index contributed by atoms with van der Waals surface area (Å²) in [4.78, 5) is 7.40. The minimum atomic E-state index is 0. The molecule has 0 atom stereocenters. The molecule has 3 rings (SSSR count). The molecule has 0 spiro atoms. The normalized spacial score (nSPS) is 11.2. The highest BCUT2D eigenvalue weighted by atomic mass is 79.9. The molecule has 1 aliphatic rings. The van der Waals surface area contributed by atoms with Gasteiger partial charge < -0.3 is 15.1 Å². The number of anilines is 4. The highest BCUT2D eigenvalue weighted by Gasteiger charge is 2.18. The van der Waals surface area contributed by atoms with E-state index in [0.29, 0.717) is 0 Å². The SMILES string of the molecule is Br.Br.CCN(CC)c1ccc2c(c1)Sc1cc(N(CC)CC)ccc1N2. The minimum absolute atomic E-state index is 0.